The zero-order chi connectivity index (χ0) is 13.8. The predicted molar refractivity (Wildman–Crippen MR) is 74.6 cm³/mol. The lowest BCUT2D eigenvalue weighted by Gasteiger charge is -2.32. The van der Waals surface area contributed by atoms with Crippen LogP contribution in [0.5, 0.6) is 0 Å². The van der Waals surface area contributed by atoms with Crippen LogP contribution in [-0.2, 0) is 4.74 Å². The zero-order valence-corrected chi connectivity index (χ0v) is 12.5. The van der Waals surface area contributed by atoms with E-state index in [4.69, 9.17) is 4.74 Å². The molecule has 0 N–H and O–H groups in total. The van der Waals surface area contributed by atoms with Gasteiger partial charge in [-0.1, -0.05) is 25.0 Å². The number of amides is 1. The number of carbonyl (C=O) groups is 1. The molecule has 0 heterocycles. The second-order valence-corrected chi connectivity index (χ2v) is 6.13. The molecule has 0 aliphatic heterocycles. The molecule has 1 aliphatic carbocycles. The van der Waals surface area contributed by atoms with E-state index < -0.39 is 5.60 Å². The molecule has 0 saturated heterocycles. The summed E-state index contributed by atoms with van der Waals surface area (Å²) in [5.41, 5.74) is 1.13. The van der Waals surface area contributed by atoms with E-state index in [1.165, 1.54) is 12.8 Å². The van der Waals surface area contributed by atoms with E-state index >= 15 is 0 Å². The van der Waals surface area contributed by atoms with E-state index in [1.54, 1.807) is 10.5 Å². The largest absolute Gasteiger partial charge is 0.444 e. The third-order valence-electron chi connectivity index (χ3n) is 3.28. The number of carbonyl (C=O) groups excluding carboxylic acids is 1. The fraction of sp³-hybridized carbons (Fsp3) is 0.800. The van der Waals surface area contributed by atoms with Crippen LogP contribution in [0.4, 0.5) is 4.79 Å². The molecule has 3 heteroatoms. The minimum Gasteiger partial charge on any atom is -0.444 e. The van der Waals surface area contributed by atoms with E-state index in [2.05, 4.69) is 13.0 Å². The van der Waals surface area contributed by atoms with Gasteiger partial charge in [0.1, 0.15) is 5.60 Å². The van der Waals surface area contributed by atoms with Crippen LogP contribution >= 0.6 is 0 Å². The highest BCUT2D eigenvalue weighted by Crippen LogP contribution is 2.25. The normalized spacial score (nSPS) is 20.3. The highest BCUT2D eigenvalue weighted by molar-refractivity contribution is 5.68. The highest BCUT2D eigenvalue weighted by atomic mass is 16.6. The van der Waals surface area contributed by atoms with E-state index in [1.807, 2.05) is 27.8 Å². The molecule has 0 saturated carbocycles. The molecule has 0 spiro atoms. The van der Waals surface area contributed by atoms with Gasteiger partial charge in [0, 0.05) is 13.1 Å². The SMILES string of the molecule is CCCC1=CCC(N(C)C(=O)OC(C)(C)C)CC1. The second-order valence-electron chi connectivity index (χ2n) is 6.13. The van der Waals surface area contributed by atoms with Gasteiger partial charge in [-0.05, 0) is 46.5 Å². The molecule has 3 nitrogen and oxygen atoms in total. The Morgan fingerprint density at radius 2 is 2.17 bits per heavy atom. The summed E-state index contributed by atoms with van der Waals surface area (Å²) in [4.78, 5) is 13.7. The van der Waals surface area contributed by atoms with Crippen molar-refractivity contribution < 1.29 is 9.53 Å². The van der Waals surface area contributed by atoms with Crippen molar-refractivity contribution in [3.63, 3.8) is 0 Å². The Morgan fingerprint density at radius 1 is 1.50 bits per heavy atom. The summed E-state index contributed by atoms with van der Waals surface area (Å²) in [5, 5.41) is 0. The Bertz CT molecular complexity index is 315. The highest BCUT2D eigenvalue weighted by Gasteiger charge is 2.26. The number of hydrogen-bond donors (Lipinski definition) is 0. The van der Waals surface area contributed by atoms with Gasteiger partial charge in [0.25, 0.3) is 0 Å². The first kappa shape index (κ1) is 15.1. The summed E-state index contributed by atoms with van der Waals surface area (Å²) >= 11 is 0. The Labute approximate surface area is 111 Å². The molecule has 0 bridgehead atoms. The molecule has 1 unspecified atom stereocenters. The molecule has 1 amide bonds. The smallest absolute Gasteiger partial charge is 0.410 e. The molecule has 1 rings (SSSR count). The topological polar surface area (TPSA) is 29.5 Å². The van der Waals surface area contributed by atoms with Gasteiger partial charge in [-0.3, -0.25) is 0 Å². The first-order chi connectivity index (χ1) is 8.33. The van der Waals surface area contributed by atoms with Crippen molar-refractivity contribution in [3.05, 3.63) is 11.6 Å². The number of nitrogens with zero attached hydrogens (tertiary/aromatic N) is 1. The summed E-state index contributed by atoms with van der Waals surface area (Å²) in [6, 6.07) is 0.292. The maximum atomic E-state index is 11.9. The summed E-state index contributed by atoms with van der Waals surface area (Å²) < 4.78 is 5.39. The van der Waals surface area contributed by atoms with Crippen molar-refractivity contribution >= 4 is 6.09 Å². The van der Waals surface area contributed by atoms with Crippen molar-refractivity contribution in [1.29, 1.82) is 0 Å². The molecule has 0 aromatic rings. The zero-order valence-electron chi connectivity index (χ0n) is 12.5. The first-order valence-corrected chi connectivity index (χ1v) is 6.97. The monoisotopic (exact) mass is 253 g/mol. The molecule has 0 aromatic heterocycles. The van der Waals surface area contributed by atoms with Crippen LogP contribution in [0.15, 0.2) is 11.6 Å². The molecule has 0 radical (unpaired) electrons. The van der Waals surface area contributed by atoms with Crippen molar-refractivity contribution in [2.45, 2.75) is 71.4 Å². The standard InChI is InChI=1S/C15H27NO2/c1-6-7-12-8-10-13(11-9-12)16(5)14(17)18-15(2,3)4/h8,13H,6-7,9-11H2,1-5H3. The van der Waals surface area contributed by atoms with Gasteiger partial charge >= 0.3 is 6.09 Å². The van der Waals surface area contributed by atoms with E-state index in [0.29, 0.717) is 6.04 Å². The van der Waals surface area contributed by atoms with Gasteiger partial charge in [0.15, 0.2) is 0 Å². The Balaban J connectivity index is 2.49. The third-order valence-corrected chi connectivity index (χ3v) is 3.28. The van der Waals surface area contributed by atoms with Gasteiger partial charge in [0.05, 0.1) is 0 Å². The van der Waals surface area contributed by atoms with Crippen molar-refractivity contribution in [2.24, 2.45) is 0 Å². The van der Waals surface area contributed by atoms with Crippen LogP contribution in [0, 0.1) is 0 Å². The summed E-state index contributed by atoms with van der Waals surface area (Å²) in [6.07, 6.45) is 7.64. The van der Waals surface area contributed by atoms with Crippen LogP contribution < -0.4 is 0 Å². The fourth-order valence-corrected chi connectivity index (χ4v) is 2.26. The quantitative estimate of drug-likeness (QED) is 0.708. The third kappa shape index (κ3) is 4.71. The maximum Gasteiger partial charge on any atom is 0.410 e. The summed E-state index contributed by atoms with van der Waals surface area (Å²) in [5.74, 6) is 0. The average molecular weight is 253 g/mol. The predicted octanol–water partition coefficient (Wildman–Crippen LogP) is 4.13. The van der Waals surface area contributed by atoms with Crippen LogP contribution in [0.3, 0.4) is 0 Å². The number of allylic oxidation sites excluding steroid dienone is 1. The Kier molecular flexibility index (Phi) is 5.24. The average Bonchev–Trinajstić information content (AvgIpc) is 2.27. The summed E-state index contributed by atoms with van der Waals surface area (Å²) in [7, 11) is 1.84. The van der Waals surface area contributed by atoms with Gasteiger partial charge in [-0.2, -0.15) is 0 Å². The number of hydrogen-bond acceptors (Lipinski definition) is 2. The van der Waals surface area contributed by atoms with Gasteiger partial charge in [-0.25, -0.2) is 4.79 Å². The minimum absolute atomic E-state index is 0.208. The van der Waals surface area contributed by atoms with Crippen molar-refractivity contribution in [1.82, 2.24) is 4.90 Å². The van der Waals surface area contributed by atoms with E-state index in [0.717, 1.165) is 19.3 Å². The molecule has 0 fully saturated rings. The number of ether oxygens (including phenoxy) is 1. The molecular formula is C15H27NO2. The van der Waals surface area contributed by atoms with Gasteiger partial charge in [0.2, 0.25) is 0 Å². The molecule has 1 atom stereocenters. The van der Waals surface area contributed by atoms with Crippen LogP contribution in [0.2, 0.25) is 0 Å². The summed E-state index contributed by atoms with van der Waals surface area (Å²) in [6.45, 7) is 7.91. The fourth-order valence-electron chi connectivity index (χ4n) is 2.26. The van der Waals surface area contributed by atoms with Crippen LogP contribution in [0.1, 0.15) is 59.8 Å². The number of rotatable bonds is 3. The van der Waals surface area contributed by atoms with Crippen molar-refractivity contribution in [3.8, 4) is 0 Å². The molecule has 104 valence electrons. The van der Waals surface area contributed by atoms with Gasteiger partial charge in [-0.15, -0.1) is 0 Å². The second kappa shape index (κ2) is 6.26. The van der Waals surface area contributed by atoms with Crippen LogP contribution in [-0.4, -0.2) is 29.7 Å². The molecule has 0 aromatic carbocycles. The molecule has 1 aliphatic rings. The minimum atomic E-state index is -0.413. The van der Waals surface area contributed by atoms with E-state index in [-0.39, 0.29) is 6.09 Å². The maximum absolute atomic E-state index is 11.9. The lowest BCUT2D eigenvalue weighted by molar-refractivity contribution is 0.0212. The van der Waals surface area contributed by atoms with Crippen molar-refractivity contribution in [2.75, 3.05) is 7.05 Å². The van der Waals surface area contributed by atoms with Crippen LogP contribution in [0.25, 0.3) is 0 Å². The Hall–Kier alpha value is -0.990. The first-order valence-electron chi connectivity index (χ1n) is 6.97. The van der Waals surface area contributed by atoms with E-state index in [9.17, 15) is 4.79 Å². The molecular weight excluding hydrogens is 226 g/mol. The lowest BCUT2D eigenvalue weighted by atomic mass is 9.92. The molecule has 18 heavy (non-hydrogen) atoms. The Morgan fingerprint density at radius 3 is 2.61 bits per heavy atom. The van der Waals surface area contributed by atoms with Gasteiger partial charge < -0.3 is 9.64 Å². The lowest BCUT2D eigenvalue weighted by Crippen LogP contribution is -2.41.